The Labute approximate surface area is 290 Å². The van der Waals surface area contributed by atoms with E-state index >= 15 is 0 Å². The molecule has 6 rings (SSSR count). The molecule has 4 aromatic rings. The number of nitrogens with zero attached hydrogens (tertiary/aromatic N) is 7. The average Bonchev–Trinajstić information content (AvgIpc) is 3.70. The maximum Gasteiger partial charge on any atom is 0.490 e. The van der Waals surface area contributed by atoms with Crippen LogP contribution < -0.4 is 5.32 Å². The van der Waals surface area contributed by atoms with Crippen molar-refractivity contribution in [2.45, 2.75) is 51.0 Å². The van der Waals surface area contributed by atoms with Crippen LogP contribution in [0.2, 0.25) is 5.02 Å². The fourth-order valence-electron chi connectivity index (χ4n) is 5.77. The lowest BCUT2D eigenvalue weighted by Crippen LogP contribution is -2.38. The molecule has 19 heteroatoms. The third-order valence-corrected chi connectivity index (χ3v) is 8.55. The van der Waals surface area contributed by atoms with Crippen molar-refractivity contribution in [1.29, 1.82) is 0 Å². The summed E-state index contributed by atoms with van der Waals surface area (Å²) in [5, 5.41) is 21.8. The van der Waals surface area contributed by atoms with E-state index in [-0.39, 0.29) is 23.8 Å². The van der Waals surface area contributed by atoms with Gasteiger partial charge >= 0.3 is 18.3 Å². The summed E-state index contributed by atoms with van der Waals surface area (Å²) in [7, 11) is 1.80. The second kappa shape index (κ2) is 14.5. The SMILES string of the molecule is C[C@@H]1CCC[C@H](N2CCC(c3cc(Cl)ccc3-n3cc(C(F)(F)F)nn3)=CC2=O)c2cc(ccn2)-c2c(cnn2C)NC1=O.O=C(O)C(F)(F)F. The van der Waals surface area contributed by atoms with E-state index in [1.807, 2.05) is 19.1 Å². The van der Waals surface area contributed by atoms with Crippen molar-refractivity contribution in [1.82, 2.24) is 34.7 Å². The lowest BCUT2D eigenvalue weighted by molar-refractivity contribution is -0.192. The molecule has 0 radical (unpaired) electrons. The number of aryl methyl sites for hydroxylation is 1. The van der Waals surface area contributed by atoms with Crippen molar-refractivity contribution in [3.05, 3.63) is 77.0 Å². The predicted molar refractivity (Wildman–Crippen MR) is 170 cm³/mol. The van der Waals surface area contributed by atoms with Gasteiger partial charge in [-0.3, -0.25) is 19.3 Å². The molecule has 270 valence electrons. The minimum Gasteiger partial charge on any atom is -0.475 e. The van der Waals surface area contributed by atoms with Gasteiger partial charge in [-0.05, 0) is 55.2 Å². The summed E-state index contributed by atoms with van der Waals surface area (Å²) in [4.78, 5) is 42.0. The van der Waals surface area contributed by atoms with Crippen molar-refractivity contribution in [2.75, 3.05) is 11.9 Å². The van der Waals surface area contributed by atoms with Crippen LogP contribution in [-0.2, 0) is 27.6 Å². The zero-order valence-corrected chi connectivity index (χ0v) is 27.6. The number of rotatable bonds is 3. The summed E-state index contributed by atoms with van der Waals surface area (Å²) < 4.78 is 74.1. The lowest BCUT2D eigenvalue weighted by atomic mass is 9.93. The number of halogens is 7. The maximum absolute atomic E-state index is 13.8. The molecule has 51 heavy (non-hydrogen) atoms. The molecule has 0 saturated carbocycles. The van der Waals surface area contributed by atoms with Crippen molar-refractivity contribution in [3.8, 4) is 16.9 Å². The second-order valence-corrected chi connectivity index (χ2v) is 12.2. The molecule has 2 bridgehead atoms. The number of fused-ring (bicyclic) bond motifs is 4. The highest BCUT2D eigenvalue weighted by Crippen LogP contribution is 2.37. The number of benzene rings is 1. The Bertz CT molecular complexity index is 1990. The quantitative estimate of drug-likeness (QED) is 0.227. The molecule has 5 heterocycles. The molecule has 2 atom stereocenters. The summed E-state index contributed by atoms with van der Waals surface area (Å²) in [5.41, 5.74) is 3.16. The summed E-state index contributed by atoms with van der Waals surface area (Å²) in [6.07, 6.45) is -1.82. The van der Waals surface area contributed by atoms with Crippen molar-refractivity contribution in [2.24, 2.45) is 13.0 Å². The van der Waals surface area contributed by atoms with E-state index in [9.17, 15) is 35.9 Å². The number of carbonyl (C=O) groups excluding carboxylic acids is 2. The number of aliphatic carboxylic acids is 1. The topological polar surface area (TPSA) is 148 Å². The molecule has 0 fully saturated rings. The van der Waals surface area contributed by atoms with Gasteiger partial charge in [-0.25, -0.2) is 9.48 Å². The summed E-state index contributed by atoms with van der Waals surface area (Å²) >= 11 is 6.28. The number of amides is 2. The Kier molecular flexibility index (Phi) is 10.5. The zero-order chi connectivity index (χ0) is 37.2. The molecule has 1 aromatic carbocycles. The Morgan fingerprint density at radius 1 is 1.08 bits per heavy atom. The molecule has 0 saturated heterocycles. The van der Waals surface area contributed by atoms with Gasteiger partial charge in [0.1, 0.15) is 0 Å². The Balaban J connectivity index is 0.000000654. The highest BCUT2D eigenvalue weighted by molar-refractivity contribution is 6.30. The van der Waals surface area contributed by atoms with E-state index in [1.54, 1.807) is 47.2 Å². The minimum absolute atomic E-state index is 0.0978. The molecular formula is C32H29ClF6N8O4. The van der Waals surface area contributed by atoms with E-state index in [4.69, 9.17) is 21.5 Å². The average molecular weight is 739 g/mol. The highest BCUT2D eigenvalue weighted by Gasteiger charge is 2.38. The maximum atomic E-state index is 13.8. The smallest absolute Gasteiger partial charge is 0.475 e. The lowest BCUT2D eigenvalue weighted by Gasteiger charge is -2.34. The van der Waals surface area contributed by atoms with Crippen LogP contribution in [0.5, 0.6) is 0 Å². The molecule has 2 aliphatic rings. The first-order chi connectivity index (χ1) is 23.9. The Morgan fingerprint density at radius 2 is 1.80 bits per heavy atom. The van der Waals surface area contributed by atoms with E-state index in [0.717, 1.165) is 22.1 Å². The van der Waals surface area contributed by atoms with Gasteiger partial charge in [-0.2, -0.15) is 31.4 Å². The van der Waals surface area contributed by atoms with E-state index in [1.165, 1.54) is 6.08 Å². The zero-order valence-electron chi connectivity index (χ0n) is 26.8. The van der Waals surface area contributed by atoms with E-state index in [2.05, 4.69) is 25.7 Å². The van der Waals surface area contributed by atoms with Gasteiger partial charge in [-0.15, -0.1) is 5.10 Å². The van der Waals surface area contributed by atoms with E-state index in [0.29, 0.717) is 65.5 Å². The van der Waals surface area contributed by atoms with Gasteiger partial charge in [0.05, 0.1) is 41.2 Å². The van der Waals surface area contributed by atoms with Crippen LogP contribution in [0.3, 0.4) is 0 Å². The number of alkyl halides is 6. The molecule has 0 aliphatic carbocycles. The van der Waals surface area contributed by atoms with Crippen molar-refractivity contribution in [3.63, 3.8) is 0 Å². The van der Waals surface area contributed by atoms with Crippen LogP contribution in [0.4, 0.5) is 32.0 Å². The Morgan fingerprint density at radius 3 is 2.45 bits per heavy atom. The van der Waals surface area contributed by atoms with Crippen LogP contribution >= 0.6 is 11.6 Å². The fourth-order valence-corrected chi connectivity index (χ4v) is 5.94. The molecule has 2 N–H and O–H groups in total. The van der Waals surface area contributed by atoms with Gasteiger partial charge < -0.3 is 15.3 Å². The number of carboxylic acid groups (broad SMARTS) is 1. The van der Waals surface area contributed by atoms with Gasteiger partial charge in [0.15, 0.2) is 5.69 Å². The van der Waals surface area contributed by atoms with Gasteiger partial charge in [-0.1, -0.05) is 30.2 Å². The monoisotopic (exact) mass is 738 g/mol. The van der Waals surface area contributed by atoms with Crippen LogP contribution in [0, 0.1) is 5.92 Å². The molecule has 3 aromatic heterocycles. The molecule has 2 aliphatic heterocycles. The third-order valence-electron chi connectivity index (χ3n) is 8.31. The van der Waals surface area contributed by atoms with Crippen LogP contribution in [0.1, 0.15) is 55.6 Å². The minimum atomic E-state index is -5.08. The molecule has 0 unspecified atom stereocenters. The van der Waals surface area contributed by atoms with Crippen molar-refractivity contribution >= 4 is 40.6 Å². The number of hydrogen-bond acceptors (Lipinski definition) is 7. The predicted octanol–water partition coefficient (Wildman–Crippen LogP) is 6.48. The van der Waals surface area contributed by atoms with Gasteiger partial charge in [0.2, 0.25) is 11.8 Å². The second-order valence-electron chi connectivity index (χ2n) is 11.8. The first-order valence-electron chi connectivity index (χ1n) is 15.3. The molecular weight excluding hydrogens is 710 g/mol. The van der Waals surface area contributed by atoms with E-state index < -0.39 is 24.0 Å². The number of hydrogen-bond donors (Lipinski definition) is 2. The number of pyridine rings is 1. The van der Waals surface area contributed by atoms with Gasteiger partial charge in [0, 0.05) is 47.9 Å². The fraction of sp³-hybridized carbons (Fsp3) is 0.344. The first kappa shape index (κ1) is 37.0. The number of aromatic nitrogens is 6. The number of anilines is 1. The van der Waals surface area contributed by atoms with Crippen LogP contribution in [0.25, 0.3) is 22.5 Å². The number of carbonyl (C=O) groups is 3. The van der Waals surface area contributed by atoms with Crippen LogP contribution in [-0.4, -0.2) is 70.3 Å². The van der Waals surface area contributed by atoms with Gasteiger partial charge in [0.25, 0.3) is 0 Å². The number of carboxylic acids is 1. The summed E-state index contributed by atoms with van der Waals surface area (Å²) in [5.74, 6) is -3.37. The molecule has 2 amide bonds. The molecule has 12 nitrogen and oxygen atoms in total. The summed E-state index contributed by atoms with van der Waals surface area (Å²) in [6.45, 7) is 2.21. The normalized spacial score (nSPS) is 18.4. The Hall–Kier alpha value is -5.26. The summed E-state index contributed by atoms with van der Waals surface area (Å²) in [6, 6.07) is 8.11. The van der Waals surface area contributed by atoms with Crippen LogP contribution in [0.15, 0.2) is 55.0 Å². The first-order valence-corrected chi connectivity index (χ1v) is 15.7. The number of nitrogens with one attached hydrogen (secondary N) is 1. The molecule has 0 spiro atoms. The highest BCUT2D eigenvalue weighted by atomic mass is 35.5. The standard InChI is InChI=1S/C30H28ClF3N8O2.C2HF3O2/c1-17-4-3-5-25(22-12-19(8-10-35-22)28-23(37-29(17)44)15-36-40(28)2)41-11-9-18(13-27(41)43)21-14-20(31)6-7-24(21)42-16-26(38-39-42)30(32,33)34;3-2(4,5)1(6)7/h6-8,10,12-17,25H,3-5,9,11H2,1-2H3,(H,37,44);(H,6,7)/t17-,25+;/m1./s1. The third kappa shape index (κ3) is 8.38. The van der Waals surface area contributed by atoms with Crippen molar-refractivity contribution < 1.29 is 45.8 Å². The largest absolute Gasteiger partial charge is 0.490 e.